The molecule has 2 aromatic carbocycles. The van der Waals surface area contributed by atoms with Crippen molar-refractivity contribution in [3.05, 3.63) is 58.1 Å². The lowest BCUT2D eigenvalue weighted by atomic mass is 10.1. The summed E-state index contributed by atoms with van der Waals surface area (Å²) >= 11 is 5.99. The van der Waals surface area contributed by atoms with Crippen LogP contribution >= 0.6 is 11.6 Å². The molecule has 0 spiro atoms. The molecule has 7 heteroatoms. The fraction of sp³-hybridized carbons (Fsp3) is 0.316. The summed E-state index contributed by atoms with van der Waals surface area (Å²) in [5.74, 6) is -0.388. The molecule has 140 valence electrons. The zero-order valence-corrected chi connectivity index (χ0v) is 17.0. The van der Waals surface area contributed by atoms with Crippen molar-refractivity contribution in [1.82, 2.24) is 4.72 Å². The summed E-state index contributed by atoms with van der Waals surface area (Å²) in [4.78, 5) is 12.7. The molecule has 0 radical (unpaired) electrons. The van der Waals surface area contributed by atoms with Crippen molar-refractivity contribution in [3.63, 3.8) is 0 Å². The first-order chi connectivity index (χ1) is 11.9. The van der Waals surface area contributed by atoms with Gasteiger partial charge >= 0.3 is 0 Å². The molecule has 0 aromatic heterocycles. The Morgan fingerprint density at radius 3 is 2.23 bits per heavy atom. The van der Waals surface area contributed by atoms with Crippen LogP contribution in [0.25, 0.3) is 0 Å². The maximum absolute atomic E-state index is 12.7. The van der Waals surface area contributed by atoms with Gasteiger partial charge in [-0.1, -0.05) is 23.7 Å². The summed E-state index contributed by atoms with van der Waals surface area (Å²) in [7, 11) is -3.73. The van der Waals surface area contributed by atoms with Gasteiger partial charge in [0.2, 0.25) is 10.0 Å². The third kappa shape index (κ3) is 5.06. The maximum atomic E-state index is 12.7. The summed E-state index contributed by atoms with van der Waals surface area (Å²) in [6.07, 6.45) is 0. The topological polar surface area (TPSA) is 75.3 Å². The highest BCUT2D eigenvalue weighted by molar-refractivity contribution is 7.89. The van der Waals surface area contributed by atoms with Gasteiger partial charge in [0, 0.05) is 21.8 Å². The number of anilines is 1. The second-order valence-corrected chi connectivity index (χ2v) is 9.36. The van der Waals surface area contributed by atoms with Gasteiger partial charge in [-0.3, -0.25) is 4.79 Å². The van der Waals surface area contributed by atoms with Gasteiger partial charge in [-0.2, -0.15) is 0 Å². The van der Waals surface area contributed by atoms with E-state index in [4.69, 9.17) is 11.6 Å². The molecule has 0 atom stereocenters. The van der Waals surface area contributed by atoms with E-state index in [1.165, 1.54) is 12.1 Å². The van der Waals surface area contributed by atoms with Crippen molar-refractivity contribution < 1.29 is 13.2 Å². The molecule has 2 rings (SSSR count). The molecule has 5 nitrogen and oxygen atoms in total. The number of amides is 1. The highest BCUT2D eigenvalue weighted by atomic mass is 35.5. The highest BCUT2D eigenvalue weighted by Crippen LogP contribution is 2.23. The van der Waals surface area contributed by atoms with Crippen LogP contribution in [0.4, 0.5) is 5.69 Å². The number of hydrogen-bond acceptors (Lipinski definition) is 3. The van der Waals surface area contributed by atoms with Crippen molar-refractivity contribution in [3.8, 4) is 0 Å². The molecule has 0 saturated carbocycles. The first kappa shape index (κ1) is 20.4. The van der Waals surface area contributed by atoms with E-state index < -0.39 is 15.6 Å². The molecule has 1 amide bonds. The van der Waals surface area contributed by atoms with E-state index in [1.807, 2.05) is 6.92 Å². The van der Waals surface area contributed by atoms with E-state index in [9.17, 15) is 13.2 Å². The van der Waals surface area contributed by atoms with E-state index in [0.29, 0.717) is 21.8 Å². The molecule has 0 unspecified atom stereocenters. The summed E-state index contributed by atoms with van der Waals surface area (Å²) in [6, 6.07) is 9.70. The number of rotatable bonds is 4. The van der Waals surface area contributed by atoms with Gasteiger partial charge in [-0.25, -0.2) is 13.1 Å². The predicted molar refractivity (Wildman–Crippen MR) is 105 cm³/mol. The number of sulfonamides is 1. The average Bonchev–Trinajstić information content (AvgIpc) is 2.48. The Balaban J connectivity index is 2.38. The maximum Gasteiger partial charge on any atom is 0.255 e. The first-order valence-corrected chi connectivity index (χ1v) is 9.97. The molecular formula is C19H23ClN2O3S. The molecule has 0 aliphatic heterocycles. The molecule has 0 aliphatic carbocycles. The van der Waals surface area contributed by atoms with Crippen LogP contribution in [0, 0.1) is 13.8 Å². The summed E-state index contributed by atoms with van der Waals surface area (Å²) < 4.78 is 27.6. The number of aryl methyl sites for hydroxylation is 2. The molecule has 2 N–H and O–H groups in total. The standard InChI is InChI=1S/C19H23ClN2O3S/c1-12-7-9-15(26(24,25)22-19(3,4)5)11-16(12)18(23)21-17-10-14(20)8-6-13(17)2/h6-11,22H,1-5H3,(H,21,23). The fourth-order valence-electron chi connectivity index (χ4n) is 2.39. The lowest BCUT2D eigenvalue weighted by Crippen LogP contribution is -2.40. The zero-order valence-electron chi connectivity index (χ0n) is 15.5. The normalized spacial score (nSPS) is 12.1. The molecule has 26 heavy (non-hydrogen) atoms. The van der Waals surface area contributed by atoms with Crippen LogP contribution in [0.15, 0.2) is 41.3 Å². The largest absolute Gasteiger partial charge is 0.322 e. The number of nitrogens with one attached hydrogen (secondary N) is 2. The number of carbonyl (C=O) groups excluding carboxylic acids is 1. The van der Waals surface area contributed by atoms with Gasteiger partial charge in [0.05, 0.1) is 4.90 Å². The zero-order chi connectivity index (χ0) is 19.7. The summed E-state index contributed by atoms with van der Waals surface area (Å²) in [5.41, 5.74) is 1.80. The minimum Gasteiger partial charge on any atom is -0.322 e. The Hall–Kier alpha value is -1.89. The minimum absolute atomic E-state index is 0.0472. The summed E-state index contributed by atoms with van der Waals surface area (Å²) in [6.45, 7) is 8.89. The van der Waals surface area contributed by atoms with Crippen molar-refractivity contribution in [2.24, 2.45) is 0 Å². The van der Waals surface area contributed by atoms with E-state index in [0.717, 1.165) is 5.56 Å². The first-order valence-electron chi connectivity index (χ1n) is 8.11. The lowest BCUT2D eigenvalue weighted by molar-refractivity contribution is 0.102. The van der Waals surface area contributed by atoms with Gasteiger partial charge in [0.1, 0.15) is 0 Å². The van der Waals surface area contributed by atoms with Crippen LogP contribution in [0.2, 0.25) is 5.02 Å². The van der Waals surface area contributed by atoms with Gasteiger partial charge in [-0.05, 0) is 70.0 Å². The van der Waals surface area contributed by atoms with E-state index in [1.54, 1.807) is 52.0 Å². The Labute approximate surface area is 159 Å². The average molecular weight is 395 g/mol. The van der Waals surface area contributed by atoms with Crippen molar-refractivity contribution >= 4 is 33.2 Å². The molecule has 0 heterocycles. The Morgan fingerprint density at radius 1 is 1.00 bits per heavy atom. The van der Waals surface area contributed by atoms with Crippen LogP contribution < -0.4 is 10.0 Å². The van der Waals surface area contributed by atoms with Crippen molar-refractivity contribution in [1.29, 1.82) is 0 Å². The second kappa shape index (κ2) is 7.39. The van der Waals surface area contributed by atoms with E-state index >= 15 is 0 Å². The number of benzene rings is 2. The third-order valence-electron chi connectivity index (χ3n) is 3.65. The quantitative estimate of drug-likeness (QED) is 0.812. The SMILES string of the molecule is Cc1ccc(Cl)cc1NC(=O)c1cc(S(=O)(=O)NC(C)(C)C)ccc1C. The molecule has 0 fully saturated rings. The molecule has 0 saturated heterocycles. The molecule has 0 aliphatic rings. The monoisotopic (exact) mass is 394 g/mol. The highest BCUT2D eigenvalue weighted by Gasteiger charge is 2.23. The number of hydrogen-bond donors (Lipinski definition) is 2. The van der Waals surface area contributed by atoms with E-state index in [2.05, 4.69) is 10.0 Å². The Kier molecular flexibility index (Phi) is 5.80. The van der Waals surface area contributed by atoms with E-state index in [-0.39, 0.29) is 10.8 Å². The number of carbonyl (C=O) groups is 1. The second-order valence-electron chi connectivity index (χ2n) is 7.25. The van der Waals surface area contributed by atoms with Crippen molar-refractivity contribution in [2.45, 2.75) is 45.1 Å². The molecular weight excluding hydrogens is 372 g/mol. The Bertz CT molecular complexity index is 948. The predicted octanol–water partition coefficient (Wildman–Crippen LogP) is 4.29. The smallest absolute Gasteiger partial charge is 0.255 e. The third-order valence-corrected chi connectivity index (χ3v) is 5.64. The molecule has 2 aromatic rings. The Morgan fingerprint density at radius 2 is 1.62 bits per heavy atom. The van der Waals surface area contributed by atoms with Gasteiger partial charge < -0.3 is 5.32 Å². The van der Waals surface area contributed by atoms with Crippen LogP contribution in [-0.2, 0) is 10.0 Å². The van der Waals surface area contributed by atoms with Crippen LogP contribution in [-0.4, -0.2) is 19.9 Å². The van der Waals surface area contributed by atoms with Crippen LogP contribution in [0.1, 0.15) is 42.3 Å². The van der Waals surface area contributed by atoms with Gasteiger partial charge in [0.25, 0.3) is 5.91 Å². The summed E-state index contributed by atoms with van der Waals surface area (Å²) in [5, 5.41) is 3.30. The van der Waals surface area contributed by atoms with Crippen LogP contribution in [0.5, 0.6) is 0 Å². The fourth-order valence-corrected chi connectivity index (χ4v) is 4.01. The number of halogens is 1. The van der Waals surface area contributed by atoms with Crippen LogP contribution in [0.3, 0.4) is 0 Å². The van der Waals surface area contributed by atoms with Gasteiger partial charge in [-0.15, -0.1) is 0 Å². The van der Waals surface area contributed by atoms with Crippen molar-refractivity contribution in [2.75, 3.05) is 5.32 Å². The molecule has 0 bridgehead atoms. The van der Waals surface area contributed by atoms with Gasteiger partial charge in [0.15, 0.2) is 0 Å². The minimum atomic E-state index is -3.73. The lowest BCUT2D eigenvalue weighted by Gasteiger charge is -2.20.